The highest BCUT2D eigenvalue weighted by Crippen LogP contribution is 2.54. The van der Waals surface area contributed by atoms with Crippen LogP contribution in [0.3, 0.4) is 0 Å². The van der Waals surface area contributed by atoms with Crippen molar-refractivity contribution >= 4 is 29.5 Å². The van der Waals surface area contributed by atoms with E-state index in [1.165, 1.54) is 15.9 Å². The summed E-state index contributed by atoms with van der Waals surface area (Å²) in [7, 11) is -1.93. The summed E-state index contributed by atoms with van der Waals surface area (Å²) < 4.78 is 6.14. The second-order valence-electron chi connectivity index (χ2n) is 7.04. The molecule has 0 aliphatic carbocycles. The number of ether oxygens (including phenoxy) is 1. The van der Waals surface area contributed by atoms with Gasteiger partial charge < -0.3 is 21.7 Å². The Morgan fingerprint density at radius 2 is 1.03 bits per heavy atom. The molecule has 0 radical (unpaired) electrons. The minimum Gasteiger partial charge on any atom is -1.00 e. The molecule has 4 rings (SSSR count). The summed E-state index contributed by atoms with van der Waals surface area (Å²) in [6.45, 7) is 0.525. The maximum Gasteiger partial charge on any atom is 0.153 e. The molecule has 156 valence electrons. The van der Waals surface area contributed by atoms with Gasteiger partial charge in [-0.1, -0.05) is 66.7 Å². The van der Waals surface area contributed by atoms with Gasteiger partial charge in [0.25, 0.3) is 0 Å². The molecule has 0 aromatic heterocycles. The van der Waals surface area contributed by atoms with E-state index in [-0.39, 0.29) is 17.0 Å². The number of aldehydes is 1. The van der Waals surface area contributed by atoms with Crippen LogP contribution in [0.5, 0.6) is 5.75 Å². The fraction of sp³-hybridized carbons (Fsp3) is 0.0741. The fourth-order valence-corrected chi connectivity index (χ4v) is 7.96. The Bertz CT molecular complexity index is 989. The second kappa shape index (κ2) is 11.0. The molecule has 4 aromatic carbocycles. The van der Waals surface area contributed by atoms with Gasteiger partial charge in [0.1, 0.15) is 41.7 Å². The number of carbonyl (C=O) groups is 1. The van der Waals surface area contributed by atoms with E-state index in [1.807, 2.05) is 18.2 Å². The van der Waals surface area contributed by atoms with Gasteiger partial charge in [0.05, 0.1) is 5.56 Å². The predicted octanol–water partition coefficient (Wildman–Crippen LogP) is 1.88. The lowest BCUT2D eigenvalue weighted by Crippen LogP contribution is -3.00. The zero-order chi connectivity index (χ0) is 20.7. The van der Waals surface area contributed by atoms with Crippen LogP contribution in [-0.2, 0) is 0 Å². The largest absolute Gasteiger partial charge is 1.00 e. The first-order valence-electron chi connectivity index (χ1n) is 10.1. The third-order valence-corrected chi connectivity index (χ3v) is 9.71. The summed E-state index contributed by atoms with van der Waals surface area (Å²) in [5.41, 5.74) is 0.584. The Labute approximate surface area is 195 Å². The van der Waals surface area contributed by atoms with Gasteiger partial charge in [-0.2, -0.15) is 0 Å². The number of para-hydroxylation sites is 1. The van der Waals surface area contributed by atoms with Crippen LogP contribution < -0.4 is 37.6 Å². The van der Waals surface area contributed by atoms with Crippen molar-refractivity contribution in [3.05, 3.63) is 121 Å². The van der Waals surface area contributed by atoms with Crippen LogP contribution in [0.1, 0.15) is 10.4 Å². The highest BCUT2D eigenvalue weighted by molar-refractivity contribution is 7.95. The number of benzene rings is 4. The highest BCUT2D eigenvalue weighted by Gasteiger charge is 2.45. The molecular formula is C27H24BrO2P. The van der Waals surface area contributed by atoms with E-state index in [9.17, 15) is 4.79 Å². The maximum atomic E-state index is 11.4. The molecule has 4 heteroatoms. The van der Waals surface area contributed by atoms with Gasteiger partial charge in [0, 0.05) is 0 Å². The maximum absolute atomic E-state index is 11.4. The van der Waals surface area contributed by atoms with E-state index in [1.54, 1.807) is 6.07 Å². The Hall–Kier alpha value is -2.74. The molecule has 0 amide bonds. The average Bonchev–Trinajstić information content (AvgIpc) is 2.84. The average molecular weight is 491 g/mol. The number of hydrogen-bond donors (Lipinski definition) is 0. The first-order valence-corrected chi connectivity index (χ1v) is 12.0. The number of hydrogen-bond acceptors (Lipinski definition) is 2. The molecule has 4 aromatic rings. The summed E-state index contributed by atoms with van der Waals surface area (Å²) >= 11 is 0. The van der Waals surface area contributed by atoms with Gasteiger partial charge in [-0.05, 0) is 48.5 Å². The Morgan fingerprint density at radius 1 is 0.613 bits per heavy atom. The first kappa shape index (κ1) is 22.9. The van der Waals surface area contributed by atoms with Gasteiger partial charge >= 0.3 is 0 Å². The van der Waals surface area contributed by atoms with Crippen LogP contribution in [-0.4, -0.2) is 19.1 Å². The summed E-state index contributed by atoms with van der Waals surface area (Å²) in [5.74, 6) is 0.639. The van der Waals surface area contributed by atoms with E-state index < -0.39 is 7.26 Å². The predicted molar refractivity (Wildman–Crippen MR) is 127 cm³/mol. The van der Waals surface area contributed by atoms with Crippen molar-refractivity contribution in [2.24, 2.45) is 0 Å². The molecule has 0 fully saturated rings. The molecule has 0 heterocycles. The van der Waals surface area contributed by atoms with E-state index in [4.69, 9.17) is 4.74 Å². The SMILES string of the molecule is O=Cc1ccccc1OCC[P+](c1ccccc1)(c1ccccc1)c1ccccc1.[Br-]. The van der Waals surface area contributed by atoms with E-state index >= 15 is 0 Å². The van der Waals surface area contributed by atoms with E-state index in [0.29, 0.717) is 17.9 Å². The van der Waals surface area contributed by atoms with Gasteiger partial charge in [-0.3, -0.25) is 4.79 Å². The number of carbonyl (C=O) groups excluding carboxylic acids is 1. The molecule has 31 heavy (non-hydrogen) atoms. The molecule has 0 aliphatic heterocycles. The third-order valence-electron chi connectivity index (χ3n) is 5.32. The highest BCUT2D eigenvalue weighted by atomic mass is 79.9. The van der Waals surface area contributed by atoms with Crippen molar-refractivity contribution in [3.63, 3.8) is 0 Å². The standard InChI is InChI=1S/C27H24O2P.BrH/c28-22-23-12-10-11-19-27(23)29-20-21-30(24-13-4-1-5-14-24,25-15-6-2-7-16-25)26-17-8-3-9-18-26;/h1-19,22H,20-21H2;1H/q+1;/p-1. The molecule has 0 N–H and O–H groups in total. The van der Waals surface area contributed by atoms with Crippen molar-refractivity contribution < 1.29 is 26.5 Å². The fourth-order valence-electron chi connectivity index (χ4n) is 3.88. The molecular weight excluding hydrogens is 467 g/mol. The summed E-state index contributed by atoms with van der Waals surface area (Å²) in [5, 5.41) is 3.99. The monoisotopic (exact) mass is 490 g/mol. The lowest BCUT2D eigenvalue weighted by atomic mass is 10.2. The van der Waals surface area contributed by atoms with Crippen LogP contribution >= 0.6 is 7.26 Å². The molecule has 0 saturated heterocycles. The summed E-state index contributed by atoms with van der Waals surface area (Å²) in [6.07, 6.45) is 1.70. The molecule has 0 unspecified atom stereocenters. The topological polar surface area (TPSA) is 26.3 Å². The number of halogens is 1. The van der Waals surface area contributed by atoms with E-state index in [2.05, 4.69) is 91.0 Å². The lowest BCUT2D eigenvalue weighted by Gasteiger charge is -2.27. The zero-order valence-electron chi connectivity index (χ0n) is 17.1. The third kappa shape index (κ3) is 4.95. The smallest absolute Gasteiger partial charge is 0.153 e. The van der Waals surface area contributed by atoms with Gasteiger partial charge in [-0.25, -0.2) is 0 Å². The van der Waals surface area contributed by atoms with Crippen molar-refractivity contribution in [2.45, 2.75) is 0 Å². The van der Waals surface area contributed by atoms with Crippen LogP contribution in [0, 0.1) is 0 Å². The molecule has 0 spiro atoms. The van der Waals surface area contributed by atoms with Crippen molar-refractivity contribution in [1.82, 2.24) is 0 Å². The molecule has 0 aliphatic rings. The molecule has 2 nitrogen and oxygen atoms in total. The Morgan fingerprint density at radius 3 is 1.48 bits per heavy atom. The molecule has 0 atom stereocenters. The van der Waals surface area contributed by atoms with E-state index in [0.717, 1.165) is 12.4 Å². The quantitative estimate of drug-likeness (QED) is 0.278. The van der Waals surface area contributed by atoms with Crippen molar-refractivity contribution in [1.29, 1.82) is 0 Å². The van der Waals surface area contributed by atoms with Crippen LogP contribution in [0.15, 0.2) is 115 Å². The first-order chi connectivity index (χ1) is 14.8. The van der Waals surface area contributed by atoms with Crippen LogP contribution in [0.4, 0.5) is 0 Å². The minimum absolute atomic E-state index is 0. The minimum atomic E-state index is -1.93. The Kier molecular flexibility index (Phi) is 8.17. The summed E-state index contributed by atoms with van der Waals surface area (Å²) in [4.78, 5) is 11.4. The van der Waals surface area contributed by atoms with Gasteiger partial charge in [0.15, 0.2) is 6.29 Å². The summed E-state index contributed by atoms with van der Waals surface area (Å²) in [6, 6.07) is 39.6. The zero-order valence-corrected chi connectivity index (χ0v) is 19.6. The van der Waals surface area contributed by atoms with Crippen LogP contribution in [0.25, 0.3) is 0 Å². The van der Waals surface area contributed by atoms with Crippen molar-refractivity contribution in [2.75, 3.05) is 12.8 Å². The van der Waals surface area contributed by atoms with Crippen molar-refractivity contribution in [3.8, 4) is 5.75 Å². The number of rotatable bonds is 8. The van der Waals surface area contributed by atoms with Crippen LogP contribution in [0.2, 0.25) is 0 Å². The van der Waals surface area contributed by atoms with Gasteiger partial charge in [-0.15, -0.1) is 0 Å². The normalized spacial score (nSPS) is 10.7. The van der Waals surface area contributed by atoms with Gasteiger partial charge in [0.2, 0.25) is 0 Å². The second-order valence-corrected chi connectivity index (χ2v) is 10.7. The lowest BCUT2D eigenvalue weighted by molar-refractivity contribution is -0.0000129. The molecule has 0 saturated carbocycles. The Balaban J connectivity index is 0.00000272. The molecule has 0 bridgehead atoms.